The smallest absolute Gasteiger partial charge is 0.416 e. The van der Waals surface area contributed by atoms with Crippen molar-refractivity contribution in [3.05, 3.63) is 58.1 Å². The Morgan fingerprint density at radius 3 is 2.23 bits per heavy atom. The van der Waals surface area contributed by atoms with Crippen molar-refractivity contribution in [1.82, 2.24) is 0 Å². The molecule has 10 heteroatoms. The van der Waals surface area contributed by atoms with E-state index in [0.717, 1.165) is 6.07 Å². The summed E-state index contributed by atoms with van der Waals surface area (Å²) in [5.74, 6) is 0.0757. The fourth-order valence-corrected chi connectivity index (χ4v) is 1.93. The lowest BCUT2D eigenvalue weighted by atomic mass is 10.2. The zero-order chi connectivity index (χ0) is 19.5. The molecule has 6 nitrogen and oxygen atoms in total. The molecule has 1 unspecified atom stereocenters. The second kappa shape index (κ2) is 7.61. The number of hydrogen-bond donors (Lipinski definition) is 0. The largest absolute Gasteiger partial charge is 0.482 e. The first-order chi connectivity index (χ1) is 12.1. The van der Waals surface area contributed by atoms with Crippen LogP contribution in [0.1, 0.15) is 12.5 Å². The van der Waals surface area contributed by atoms with E-state index >= 15 is 0 Å². The number of halogens is 4. The number of carbonyl (C=O) groups excluding carboxylic acids is 1. The van der Waals surface area contributed by atoms with Crippen LogP contribution in [0.25, 0.3) is 0 Å². The molecular formula is C16H11ClF3NO5. The van der Waals surface area contributed by atoms with Crippen LogP contribution in [0.3, 0.4) is 0 Å². The first-order valence-electron chi connectivity index (χ1n) is 7.07. The van der Waals surface area contributed by atoms with Gasteiger partial charge in [0.2, 0.25) is 5.75 Å². The topological polar surface area (TPSA) is 78.7 Å². The molecule has 0 spiro atoms. The second-order valence-corrected chi connectivity index (χ2v) is 5.45. The Hall–Kier alpha value is -2.81. The van der Waals surface area contributed by atoms with Crippen molar-refractivity contribution in [2.75, 3.05) is 0 Å². The van der Waals surface area contributed by atoms with Crippen molar-refractivity contribution >= 4 is 22.5 Å². The van der Waals surface area contributed by atoms with Crippen LogP contribution in [0.15, 0.2) is 42.5 Å². The predicted molar refractivity (Wildman–Crippen MR) is 85.6 cm³/mol. The maximum Gasteiger partial charge on any atom is 0.416 e. The van der Waals surface area contributed by atoms with Gasteiger partial charge in [-0.15, -0.1) is 0 Å². The standard InChI is InChI=1S/C16H11ClF3NO5/c1-9(15(17)22)25-11-3-5-12(6-4-11)26-14-7-2-10(16(18,19)20)8-13(14)21(23)24/h2-9H,1H3. The molecule has 2 rings (SSSR count). The summed E-state index contributed by atoms with van der Waals surface area (Å²) in [7, 11) is 0. The lowest BCUT2D eigenvalue weighted by Crippen LogP contribution is -2.18. The highest BCUT2D eigenvalue weighted by molar-refractivity contribution is 6.64. The van der Waals surface area contributed by atoms with Crippen molar-refractivity contribution in [3.8, 4) is 17.2 Å². The maximum atomic E-state index is 12.7. The molecular weight excluding hydrogens is 379 g/mol. The molecule has 1 atom stereocenters. The molecule has 0 N–H and O–H groups in total. The van der Waals surface area contributed by atoms with E-state index in [2.05, 4.69) is 0 Å². The number of nitro benzene ring substituents is 1. The van der Waals surface area contributed by atoms with Gasteiger partial charge in [0.1, 0.15) is 11.5 Å². The van der Waals surface area contributed by atoms with Crippen molar-refractivity contribution in [2.45, 2.75) is 19.2 Å². The van der Waals surface area contributed by atoms with Gasteiger partial charge in [-0.25, -0.2) is 0 Å². The van der Waals surface area contributed by atoms with Crippen LogP contribution in [-0.4, -0.2) is 16.3 Å². The van der Waals surface area contributed by atoms with Gasteiger partial charge in [0, 0.05) is 6.07 Å². The van der Waals surface area contributed by atoms with E-state index in [9.17, 15) is 28.1 Å². The minimum Gasteiger partial charge on any atom is -0.482 e. The van der Waals surface area contributed by atoms with Crippen molar-refractivity contribution in [3.63, 3.8) is 0 Å². The number of rotatable bonds is 6. The van der Waals surface area contributed by atoms with Gasteiger partial charge in [0.25, 0.3) is 5.24 Å². The third-order valence-corrected chi connectivity index (χ3v) is 3.47. The van der Waals surface area contributed by atoms with Crippen molar-refractivity contribution < 1.29 is 32.4 Å². The Labute approximate surface area is 150 Å². The van der Waals surface area contributed by atoms with Crippen LogP contribution in [0.2, 0.25) is 0 Å². The number of carbonyl (C=O) groups is 1. The lowest BCUT2D eigenvalue weighted by molar-refractivity contribution is -0.385. The summed E-state index contributed by atoms with van der Waals surface area (Å²) < 4.78 is 48.6. The van der Waals surface area contributed by atoms with Crippen LogP contribution in [0, 0.1) is 10.1 Å². The van der Waals surface area contributed by atoms with E-state index in [1.54, 1.807) is 0 Å². The molecule has 138 valence electrons. The molecule has 0 aromatic heterocycles. The quantitative estimate of drug-likeness (QED) is 0.397. The minimum absolute atomic E-state index is 0.130. The average Bonchev–Trinajstić information content (AvgIpc) is 2.55. The summed E-state index contributed by atoms with van der Waals surface area (Å²) in [6.45, 7) is 1.45. The molecule has 2 aromatic rings. The van der Waals surface area contributed by atoms with Crippen LogP contribution in [0.5, 0.6) is 17.2 Å². The molecule has 0 aliphatic rings. The molecule has 0 heterocycles. The lowest BCUT2D eigenvalue weighted by Gasteiger charge is -2.12. The Morgan fingerprint density at radius 2 is 1.73 bits per heavy atom. The molecule has 0 saturated carbocycles. The first-order valence-corrected chi connectivity index (χ1v) is 7.45. The minimum atomic E-state index is -4.71. The summed E-state index contributed by atoms with van der Waals surface area (Å²) in [6.07, 6.45) is -5.59. The van der Waals surface area contributed by atoms with E-state index in [1.807, 2.05) is 0 Å². The van der Waals surface area contributed by atoms with E-state index < -0.39 is 33.7 Å². The predicted octanol–water partition coefficient (Wildman–Crippen LogP) is 4.94. The highest BCUT2D eigenvalue weighted by Crippen LogP contribution is 2.38. The SMILES string of the molecule is CC(Oc1ccc(Oc2ccc(C(F)(F)F)cc2[N+](=O)[O-])cc1)C(=O)Cl. The van der Waals surface area contributed by atoms with Gasteiger partial charge >= 0.3 is 11.9 Å². The fourth-order valence-electron chi connectivity index (χ4n) is 1.89. The summed E-state index contributed by atoms with van der Waals surface area (Å²) >= 11 is 5.28. The van der Waals surface area contributed by atoms with E-state index in [0.29, 0.717) is 17.9 Å². The van der Waals surface area contributed by atoms with Crippen molar-refractivity contribution in [1.29, 1.82) is 0 Å². The number of ether oxygens (including phenoxy) is 2. The molecule has 0 aliphatic carbocycles. The third kappa shape index (κ3) is 4.85. The number of alkyl halides is 3. The number of nitrogens with zero attached hydrogens (tertiary/aromatic N) is 1. The molecule has 0 aliphatic heterocycles. The first kappa shape index (κ1) is 19.5. The van der Waals surface area contributed by atoms with E-state index in [4.69, 9.17) is 21.1 Å². The third-order valence-electron chi connectivity index (χ3n) is 3.17. The average molecular weight is 390 g/mol. The van der Waals surface area contributed by atoms with Crippen LogP contribution in [0.4, 0.5) is 18.9 Å². The zero-order valence-electron chi connectivity index (χ0n) is 13.1. The monoisotopic (exact) mass is 389 g/mol. The van der Waals surface area contributed by atoms with E-state index in [1.165, 1.54) is 31.2 Å². The summed E-state index contributed by atoms with van der Waals surface area (Å²) in [5.41, 5.74) is -1.97. The molecule has 0 saturated heterocycles. The Morgan fingerprint density at radius 1 is 1.15 bits per heavy atom. The second-order valence-electron chi connectivity index (χ2n) is 5.08. The molecule has 26 heavy (non-hydrogen) atoms. The van der Waals surface area contributed by atoms with Gasteiger partial charge in [-0.05, 0) is 54.9 Å². The number of hydrogen-bond acceptors (Lipinski definition) is 5. The van der Waals surface area contributed by atoms with Gasteiger partial charge in [0.05, 0.1) is 10.5 Å². The van der Waals surface area contributed by atoms with Gasteiger partial charge in [0.15, 0.2) is 6.10 Å². The normalized spacial score (nSPS) is 12.3. The summed E-state index contributed by atoms with van der Waals surface area (Å²) in [5, 5.41) is 10.3. The molecule has 0 amide bonds. The van der Waals surface area contributed by atoms with Crippen LogP contribution in [-0.2, 0) is 11.0 Å². The van der Waals surface area contributed by atoms with Gasteiger partial charge < -0.3 is 9.47 Å². The molecule has 0 radical (unpaired) electrons. The Kier molecular flexibility index (Phi) is 5.71. The Bertz CT molecular complexity index is 824. The maximum absolute atomic E-state index is 12.7. The highest BCUT2D eigenvalue weighted by atomic mass is 35.5. The number of nitro groups is 1. The molecule has 2 aromatic carbocycles. The van der Waals surface area contributed by atoms with Gasteiger partial charge in [-0.3, -0.25) is 14.9 Å². The number of benzene rings is 2. The molecule has 0 fully saturated rings. The Balaban J connectivity index is 2.22. The zero-order valence-corrected chi connectivity index (χ0v) is 13.9. The van der Waals surface area contributed by atoms with Crippen molar-refractivity contribution in [2.24, 2.45) is 0 Å². The molecule has 0 bridgehead atoms. The summed E-state index contributed by atoms with van der Waals surface area (Å²) in [4.78, 5) is 21.0. The van der Waals surface area contributed by atoms with Crippen LogP contribution >= 0.6 is 11.6 Å². The summed E-state index contributed by atoms with van der Waals surface area (Å²) in [6, 6.07) is 7.56. The highest BCUT2D eigenvalue weighted by Gasteiger charge is 2.33. The fraction of sp³-hybridized carbons (Fsp3) is 0.188. The van der Waals surface area contributed by atoms with Gasteiger partial charge in [-0.1, -0.05) is 0 Å². The van der Waals surface area contributed by atoms with E-state index in [-0.39, 0.29) is 11.5 Å². The van der Waals surface area contributed by atoms with Gasteiger partial charge in [-0.2, -0.15) is 13.2 Å². The van der Waals surface area contributed by atoms with Crippen LogP contribution < -0.4 is 9.47 Å².